The van der Waals surface area contributed by atoms with E-state index in [2.05, 4.69) is 15.6 Å². The van der Waals surface area contributed by atoms with Crippen LogP contribution in [0.4, 0.5) is 20.7 Å². The second-order valence-corrected chi connectivity index (χ2v) is 7.47. The number of hydrogen-bond acceptors (Lipinski definition) is 3. The predicted molar refractivity (Wildman–Crippen MR) is 118 cm³/mol. The van der Waals surface area contributed by atoms with Gasteiger partial charge in [0.2, 0.25) is 5.91 Å². The normalized spacial score (nSPS) is 15.7. The lowest BCUT2D eigenvalue weighted by Crippen LogP contribution is -2.31. The quantitative estimate of drug-likeness (QED) is 0.633. The first-order valence-corrected chi connectivity index (χ1v) is 10.2. The fourth-order valence-corrected chi connectivity index (χ4v) is 3.69. The number of urea groups is 1. The van der Waals surface area contributed by atoms with Gasteiger partial charge in [0.25, 0.3) is 0 Å². The highest BCUT2D eigenvalue weighted by Gasteiger charge is 2.31. The highest BCUT2D eigenvalue weighted by Crippen LogP contribution is 2.32. The van der Waals surface area contributed by atoms with Crippen LogP contribution in [-0.4, -0.2) is 30.0 Å². The average molecular weight is 418 g/mol. The number of amides is 3. The molecule has 0 bridgehead atoms. The van der Waals surface area contributed by atoms with Crippen LogP contribution in [0.1, 0.15) is 23.5 Å². The SMILES string of the molecule is O=C(NCCc1ccc(F)cc1)Nc1cc(N2CC(c3ccccc3)CC2=O)ccn1. The molecular formula is C24H23FN4O2. The van der Waals surface area contributed by atoms with Gasteiger partial charge in [-0.15, -0.1) is 0 Å². The number of hydrogen-bond donors (Lipinski definition) is 2. The zero-order valence-corrected chi connectivity index (χ0v) is 16.9. The summed E-state index contributed by atoms with van der Waals surface area (Å²) >= 11 is 0. The Balaban J connectivity index is 1.33. The lowest BCUT2D eigenvalue weighted by Gasteiger charge is -2.18. The van der Waals surface area contributed by atoms with Crippen molar-refractivity contribution in [3.63, 3.8) is 0 Å². The minimum atomic E-state index is -0.387. The molecule has 2 aromatic carbocycles. The van der Waals surface area contributed by atoms with E-state index in [0.29, 0.717) is 37.4 Å². The van der Waals surface area contributed by atoms with Crippen LogP contribution < -0.4 is 15.5 Å². The molecule has 0 aliphatic carbocycles. The highest BCUT2D eigenvalue weighted by atomic mass is 19.1. The molecule has 0 saturated carbocycles. The van der Waals surface area contributed by atoms with Gasteiger partial charge in [0.1, 0.15) is 11.6 Å². The first-order valence-electron chi connectivity index (χ1n) is 10.2. The van der Waals surface area contributed by atoms with Crippen molar-refractivity contribution in [2.75, 3.05) is 23.3 Å². The van der Waals surface area contributed by atoms with Crippen LogP contribution >= 0.6 is 0 Å². The molecule has 2 heterocycles. The van der Waals surface area contributed by atoms with Crippen molar-refractivity contribution in [3.05, 3.63) is 89.9 Å². The maximum atomic E-state index is 12.9. The first kappa shape index (κ1) is 20.5. The third-order valence-corrected chi connectivity index (χ3v) is 5.31. The van der Waals surface area contributed by atoms with Crippen molar-refractivity contribution in [3.8, 4) is 0 Å². The predicted octanol–water partition coefficient (Wildman–Crippen LogP) is 4.11. The smallest absolute Gasteiger partial charge is 0.320 e. The Labute approximate surface area is 180 Å². The first-order chi connectivity index (χ1) is 15.1. The maximum absolute atomic E-state index is 12.9. The van der Waals surface area contributed by atoms with Crippen molar-refractivity contribution < 1.29 is 14.0 Å². The van der Waals surface area contributed by atoms with Crippen molar-refractivity contribution in [2.45, 2.75) is 18.8 Å². The summed E-state index contributed by atoms with van der Waals surface area (Å²) < 4.78 is 12.9. The minimum Gasteiger partial charge on any atom is -0.337 e. The van der Waals surface area contributed by atoms with E-state index in [1.165, 1.54) is 12.1 Å². The highest BCUT2D eigenvalue weighted by molar-refractivity contribution is 5.97. The van der Waals surface area contributed by atoms with E-state index in [4.69, 9.17) is 0 Å². The van der Waals surface area contributed by atoms with E-state index in [1.54, 1.807) is 35.4 Å². The number of aromatic nitrogens is 1. The molecule has 0 radical (unpaired) electrons. The molecule has 1 aliphatic rings. The fourth-order valence-electron chi connectivity index (χ4n) is 3.69. The molecule has 158 valence electrons. The molecule has 1 atom stereocenters. The minimum absolute atomic E-state index is 0.0507. The van der Waals surface area contributed by atoms with E-state index in [1.807, 2.05) is 30.3 Å². The van der Waals surface area contributed by atoms with E-state index in [0.717, 1.165) is 11.1 Å². The number of rotatable bonds is 6. The van der Waals surface area contributed by atoms with Gasteiger partial charge >= 0.3 is 6.03 Å². The number of pyridine rings is 1. The second kappa shape index (κ2) is 9.38. The van der Waals surface area contributed by atoms with Crippen LogP contribution in [0.15, 0.2) is 72.9 Å². The monoisotopic (exact) mass is 418 g/mol. The van der Waals surface area contributed by atoms with E-state index < -0.39 is 0 Å². The standard InChI is InChI=1S/C24H23FN4O2/c25-20-8-6-17(7-9-20)10-12-27-24(31)28-22-15-21(11-13-26-22)29-16-19(14-23(29)30)18-4-2-1-3-5-18/h1-9,11,13,15,19H,10,12,14,16H2,(H2,26,27,28,31). The molecule has 1 aliphatic heterocycles. The molecular weight excluding hydrogens is 395 g/mol. The number of nitrogens with one attached hydrogen (secondary N) is 2. The Bertz CT molecular complexity index is 1060. The van der Waals surface area contributed by atoms with E-state index >= 15 is 0 Å². The summed E-state index contributed by atoms with van der Waals surface area (Å²) in [5, 5.41) is 5.46. The summed E-state index contributed by atoms with van der Waals surface area (Å²) in [7, 11) is 0. The zero-order valence-electron chi connectivity index (χ0n) is 16.9. The molecule has 1 aromatic heterocycles. The molecule has 3 aromatic rings. The van der Waals surface area contributed by atoms with Gasteiger partial charge in [0, 0.05) is 43.4 Å². The summed E-state index contributed by atoms with van der Waals surface area (Å²) in [5.41, 5.74) is 2.79. The van der Waals surface area contributed by atoms with Crippen LogP contribution in [0, 0.1) is 5.82 Å². The number of nitrogens with zero attached hydrogens (tertiary/aromatic N) is 2. The third kappa shape index (κ3) is 5.25. The van der Waals surface area contributed by atoms with Crippen LogP contribution in [0.5, 0.6) is 0 Å². The molecule has 1 saturated heterocycles. The lowest BCUT2D eigenvalue weighted by atomic mass is 9.99. The van der Waals surface area contributed by atoms with Gasteiger partial charge in [-0.3, -0.25) is 10.1 Å². The van der Waals surface area contributed by atoms with Gasteiger partial charge in [-0.2, -0.15) is 0 Å². The molecule has 0 spiro atoms. The molecule has 7 heteroatoms. The van der Waals surface area contributed by atoms with Crippen LogP contribution in [0.3, 0.4) is 0 Å². The molecule has 4 rings (SSSR count). The van der Waals surface area contributed by atoms with Crippen molar-refractivity contribution >= 4 is 23.4 Å². The van der Waals surface area contributed by atoms with E-state index in [9.17, 15) is 14.0 Å². The lowest BCUT2D eigenvalue weighted by molar-refractivity contribution is -0.117. The number of halogens is 1. The van der Waals surface area contributed by atoms with Gasteiger partial charge in [-0.1, -0.05) is 42.5 Å². The van der Waals surface area contributed by atoms with Gasteiger partial charge in [0.05, 0.1) is 0 Å². The summed E-state index contributed by atoms with van der Waals surface area (Å²) in [6.07, 6.45) is 2.62. The second-order valence-electron chi connectivity index (χ2n) is 7.47. The molecule has 1 unspecified atom stereocenters. The van der Waals surface area contributed by atoms with Gasteiger partial charge in [0.15, 0.2) is 0 Å². The Morgan fingerprint density at radius 3 is 2.65 bits per heavy atom. The number of carbonyl (C=O) groups excluding carboxylic acids is 2. The molecule has 2 N–H and O–H groups in total. The molecule has 31 heavy (non-hydrogen) atoms. The zero-order chi connectivity index (χ0) is 21.6. The van der Waals surface area contributed by atoms with Crippen LogP contribution in [-0.2, 0) is 11.2 Å². The van der Waals surface area contributed by atoms with Crippen LogP contribution in [0.25, 0.3) is 0 Å². The van der Waals surface area contributed by atoms with Crippen molar-refractivity contribution in [2.24, 2.45) is 0 Å². The summed E-state index contributed by atoms with van der Waals surface area (Å²) in [6.45, 7) is 0.997. The van der Waals surface area contributed by atoms with Gasteiger partial charge < -0.3 is 10.2 Å². The molecule has 6 nitrogen and oxygen atoms in total. The topological polar surface area (TPSA) is 74.3 Å². The fraction of sp³-hybridized carbons (Fsp3) is 0.208. The summed E-state index contributed by atoms with van der Waals surface area (Å²) in [5.74, 6) is 0.280. The largest absolute Gasteiger partial charge is 0.337 e. The Kier molecular flexibility index (Phi) is 6.21. The number of anilines is 2. The van der Waals surface area contributed by atoms with E-state index in [-0.39, 0.29) is 23.7 Å². The number of carbonyl (C=O) groups is 2. The third-order valence-electron chi connectivity index (χ3n) is 5.31. The maximum Gasteiger partial charge on any atom is 0.320 e. The van der Waals surface area contributed by atoms with Gasteiger partial charge in [-0.25, -0.2) is 14.2 Å². The molecule has 3 amide bonds. The summed E-state index contributed by atoms with van der Waals surface area (Å²) in [4.78, 5) is 30.7. The molecule has 1 fully saturated rings. The van der Waals surface area contributed by atoms with Crippen molar-refractivity contribution in [1.82, 2.24) is 10.3 Å². The van der Waals surface area contributed by atoms with Crippen molar-refractivity contribution in [1.29, 1.82) is 0 Å². The van der Waals surface area contributed by atoms with Crippen LogP contribution in [0.2, 0.25) is 0 Å². The Hall–Kier alpha value is -3.74. The summed E-state index contributed by atoms with van der Waals surface area (Å²) in [6, 6.07) is 19.2. The Morgan fingerprint density at radius 2 is 1.87 bits per heavy atom. The number of benzene rings is 2. The Morgan fingerprint density at radius 1 is 1.10 bits per heavy atom. The van der Waals surface area contributed by atoms with Gasteiger partial charge in [-0.05, 0) is 35.7 Å². The average Bonchev–Trinajstić information content (AvgIpc) is 3.18.